The van der Waals surface area contributed by atoms with Crippen molar-refractivity contribution in [2.45, 2.75) is 11.5 Å². The summed E-state index contributed by atoms with van der Waals surface area (Å²) in [6, 6.07) is 8.05. The predicted molar refractivity (Wildman–Crippen MR) is 69.4 cm³/mol. The molecule has 17 heavy (non-hydrogen) atoms. The van der Waals surface area contributed by atoms with Gasteiger partial charge in [0.2, 0.25) is 0 Å². The summed E-state index contributed by atoms with van der Waals surface area (Å²) in [6.45, 7) is 1.21. The minimum absolute atomic E-state index is 0.00642. The molecule has 2 heterocycles. The average molecular weight is 249 g/mol. The lowest BCUT2D eigenvalue weighted by Crippen LogP contribution is -2.60. The number of aliphatic hydroxyl groups excluding tert-OH is 1. The van der Waals surface area contributed by atoms with Crippen molar-refractivity contribution in [3.63, 3.8) is 0 Å². The van der Waals surface area contributed by atoms with Gasteiger partial charge in [-0.1, -0.05) is 18.2 Å². The Morgan fingerprint density at radius 2 is 2.18 bits per heavy atom. The zero-order chi connectivity index (χ0) is 11.9. The van der Waals surface area contributed by atoms with E-state index in [0.717, 1.165) is 0 Å². The molecule has 1 aliphatic rings. The van der Waals surface area contributed by atoms with Crippen molar-refractivity contribution >= 4 is 21.4 Å². The van der Waals surface area contributed by atoms with Gasteiger partial charge in [-0.3, -0.25) is 0 Å². The first-order valence-electron chi connectivity index (χ1n) is 5.69. The van der Waals surface area contributed by atoms with Gasteiger partial charge in [-0.2, -0.15) is 0 Å². The van der Waals surface area contributed by atoms with Crippen molar-refractivity contribution < 1.29 is 9.84 Å². The van der Waals surface area contributed by atoms with E-state index >= 15 is 0 Å². The molecule has 1 fully saturated rings. The average Bonchev–Trinajstić information content (AvgIpc) is 2.72. The van der Waals surface area contributed by atoms with Crippen LogP contribution in [-0.2, 0) is 10.2 Å². The monoisotopic (exact) mass is 249 g/mol. The first-order chi connectivity index (χ1) is 8.28. The molecule has 3 N–H and O–H groups in total. The lowest BCUT2D eigenvalue weighted by molar-refractivity contribution is -0.0789. The first kappa shape index (κ1) is 11.2. The summed E-state index contributed by atoms with van der Waals surface area (Å²) in [4.78, 5) is 0. The van der Waals surface area contributed by atoms with Crippen molar-refractivity contribution in [2.24, 2.45) is 5.73 Å². The van der Waals surface area contributed by atoms with E-state index in [0.29, 0.717) is 13.2 Å². The highest BCUT2D eigenvalue weighted by Crippen LogP contribution is 2.41. The van der Waals surface area contributed by atoms with Gasteiger partial charge in [-0.05, 0) is 22.4 Å². The Labute approximate surface area is 104 Å². The summed E-state index contributed by atoms with van der Waals surface area (Å²) >= 11 is 1.73. The third-order valence-corrected chi connectivity index (χ3v) is 4.61. The number of benzene rings is 1. The zero-order valence-corrected chi connectivity index (χ0v) is 10.2. The second-order valence-electron chi connectivity index (χ2n) is 4.58. The molecule has 1 aromatic carbocycles. The summed E-state index contributed by atoms with van der Waals surface area (Å²) in [5, 5.41) is 12.7. The Kier molecular flexibility index (Phi) is 2.67. The molecule has 0 radical (unpaired) electrons. The van der Waals surface area contributed by atoms with E-state index in [1.165, 1.54) is 15.6 Å². The highest BCUT2D eigenvalue weighted by atomic mass is 32.1. The lowest BCUT2D eigenvalue weighted by atomic mass is 9.73. The topological polar surface area (TPSA) is 55.5 Å². The normalized spacial score (nSPS) is 20.1. The Bertz CT molecular complexity index is 533. The molecule has 0 amide bonds. The Hall–Kier alpha value is -0.940. The predicted octanol–water partition coefficient (Wildman–Crippen LogP) is 1.49. The number of fused-ring (bicyclic) bond motifs is 1. The van der Waals surface area contributed by atoms with Crippen LogP contribution in [0, 0.1) is 0 Å². The quantitative estimate of drug-likeness (QED) is 0.866. The molecule has 2 aromatic rings. The minimum atomic E-state index is -0.255. The molecule has 90 valence electrons. The van der Waals surface area contributed by atoms with Gasteiger partial charge < -0.3 is 15.6 Å². The maximum absolute atomic E-state index is 9.33. The third-order valence-electron chi connectivity index (χ3n) is 3.64. The summed E-state index contributed by atoms with van der Waals surface area (Å²) < 4.78 is 6.61. The molecule has 0 saturated carbocycles. The van der Waals surface area contributed by atoms with Gasteiger partial charge >= 0.3 is 0 Å². The molecule has 3 rings (SSSR count). The molecule has 0 spiro atoms. The molecule has 1 aromatic heterocycles. The Morgan fingerprint density at radius 1 is 1.41 bits per heavy atom. The van der Waals surface area contributed by atoms with Crippen molar-refractivity contribution in [1.29, 1.82) is 0 Å². The molecule has 0 aliphatic carbocycles. The highest BCUT2D eigenvalue weighted by Gasteiger charge is 2.46. The third kappa shape index (κ3) is 1.52. The van der Waals surface area contributed by atoms with Gasteiger partial charge in [-0.25, -0.2) is 0 Å². The van der Waals surface area contributed by atoms with Crippen LogP contribution >= 0.6 is 11.3 Å². The Morgan fingerprint density at radius 3 is 2.82 bits per heavy atom. The van der Waals surface area contributed by atoms with E-state index in [4.69, 9.17) is 10.5 Å². The maximum atomic E-state index is 9.33. The molecule has 1 saturated heterocycles. The van der Waals surface area contributed by atoms with Gasteiger partial charge in [0, 0.05) is 10.7 Å². The molecule has 4 heteroatoms. The van der Waals surface area contributed by atoms with E-state index in [9.17, 15) is 5.11 Å². The van der Waals surface area contributed by atoms with Crippen LogP contribution in [0.2, 0.25) is 0 Å². The van der Waals surface area contributed by atoms with Gasteiger partial charge in [0.05, 0.1) is 25.2 Å². The van der Waals surface area contributed by atoms with Gasteiger partial charge in [0.25, 0.3) is 0 Å². The Balaban J connectivity index is 2.13. The van der Waals surface area contributed by atoms with Crippen LogP contribution in [0.1, 0.15) is 5.56 Å². The summed E-state index contributed by atoms with van der Waals surface area (Å²) in [7, 11) is 0. The number of ether oxygens (including phenoxy) is 1. The molecule has 3 nitrogen and oxygen atoms in total. The van der Waals surface area contributed by atoms with Crippen molar-refractivity contribution in [3.05, 3.63) is 35.2 Å². The number of nitrogens with two attached hydrogens (primary N) is 1. The van der Waals surface area contributed by atoms with Crippen LogP contribution < -0.4 is 5.73 Å². The molecule has 0 bridgehead atoms. The summed E-state index contributed by atoms with van der Waals surface area (Å²) in [5.41, 5.74) is 7.10. The molecule has 1 unspecified atom stereocenters. The number of hydrogen-bond donors (Lipinski definition) is 2. The van der Waals surface area contributed by atoms with Crippen LogP contribution in [0.3, 0.4) is 0 Å². The molecule has 1 atom stereocenters. The van der Waals surface area contributed by atoms with E-state index in [2.05, 4.69) is 17.5 Å². The molecule has 1 aliphatic heterocycles. The van der Waals surface area contributed by atoms with Gasteiger partial charge in [0.1, 0.15) is 0 Å². The number of rotatable bonds is 3. The van der Waals surface area contributed by atoms with Crippen LogP contribution in [-0.4, -0.2) is 31.0 Å². The lowest BCUT2D eigenvalue weighted by Gasteiger charge is -2.45. The molecular weight excluding hydrogens is 234 g/mol. The van der Waals surface area contributed by atoms with Crippen molar-refractivity contribution in [3.8, 4) is 0 Å². The maximum Gasteiger partial charge on any atom is 0.0607 e. The van der Waals surface area contributed by atoms with E-state index in [-0.39, 0.29) is 18.1 Å². The van der Waals surface area contributed by atoms with E-state index in [1.54, 1.807) is 11.3 Å². The number of thiophene rings is 1. The first-order valence-corrected chi connectivity index (χ1v) is 6.57. The number of hydrogen-bond acceptors (Lipinski definition) is 4. The van der Waals surface area contributed by atoms with Gasteiger partial charge in [0.15, 0.2) is 0 Å². The fourth-order valence-electron chi connectivity index (χ4n) is 2.43. The second-order valence-corrected chi connectivity index (χ2v) is 5.49. The van der Waals surface area contributed by atoms with Crippen molar-refractivity contribution in [1.82, 2.24) is 0 Å². The highest BCUT2D eigenvalue weighted by molar-refractivity contribution is 7.17. The fraction of sp³-hybridized carbons (Fsp3) is 0.385. The van der Waals surface area contributed by atoms with Crippen LogP contribution in [0.5, 0.6) is 0 Å². The largest absolute Gasteiger partial charge is 0.395 e. The van der Waals surface area contributed by atoms with E-state index in [1.807, 2.05) is 12.1 Å². The fourth-order valence-corrected chi connectivity index (χ4v) is 3.50. The van der Waals surface area contributed by atoms with Crippen LogP contribution in [0.15, 0.2) is 29.6 Å². The van der Waals surface area contributed by atoms with E-state index < -0.39 is 0 Å². The van der Waals surface area contributed by atoms with Crippen LogP contribution in [0.4, 0.5) is 0 Å². The second kappa shape index (κ2) is 4.07. The summed E-state index contributed by atoms with van der Waals surface area (Å²) in [6.07, 6.45) is 0. The smallest absolute Gasteiger partial charge is 0.0607 e. The summed E-state index contributed by atoms with van der Waals surface area (Å²) in [5.74, 6) is 0. The van der Waals surface area contributed by atoms with Crippen LogP contribution in [0.25, 0.3) is 10.1 Å². The molecular formula is C13H15NO2S. The van der Waals surface area contributed by atoms with Gasteiger partial charge in [-0.15, -0.1) is 11.3 Å². The number of aliphatic hydroxyl groups is 1. The SMILES string of the molecule is NC(CO)C1(c2csc3ccccc23)COC1. The standard InChI is InChI=1S/C13H15NO2S/c14-12(5-15)13(7-16-8-13)10-6-17-11-4-2-1-3-9(10)11/h1-4,6,12,15H,5,7-8,14H2. The zero-order valence-electron chi connectivity index (χ0n) is 9.43. The minimum Gasteiger partial charge on any atom is -0.395 e. The van der Waals surface area contributed by atoms with Crippen molar-refractivity contribution in [2.75, 3.05) is 19.8 Å².